The van der Waals surface area contributed by atoms with E-state index in [2.05, 4.69) is 15.3 Å². The number of ether oxygens (including phenoxy) is 1. The Kier molecular flexibility index (Phi) is 9.38. The number of hydrogen-bond acceptors (Lipinski definition) is 10. The van der Waals surface area contributed by atoms with E-state index in [1.807, 2.05) is 32.0 Å². The topological polar surface area (TPSA) is 148 Å². The summed E-state index contributed by atoms with van der Waals surface area (Å²) in [7, 11) is -3.86. The zero-order valence-corrected chi connectivity index (χ0v) is 24.1. The molecule has 39 heavy (non-hydrogen) atoms. The number of nitrogens with zero attached hydrogens (tertiary/aromatic N) is 3. The lowest BCUT2D eigenvalue weighted by Crippen LogP contribution is -2.34. The molecule has 0 radical (unpaired) electrons. The molecule has 4 rings (SSSR count). The third-order valence-electron chi connectivity index (χ3n) is 5.77. The van der Waals surface area contributed by atoms with Gasteiger partial charge in [-0.25, -0.2) is 18.2 Å². The number of aliphatic hydroxyl groups is 1. The van der Waals surface area contributed by atoms with Crippen molar-refractivity contribution in [1.82, 2.24) is 15.3 Å². The molecule has 4 aromatic rings. The first-order valence-electron chi connectivity index (χ1n) is 12.4. The minimum atomic E-state index is -3.86. The lowest BCUT2D eigenvalue weighted by atomic mass is 10.1. The molecule has 0 bridgehead atoms. The number of carbonyl (C=O) groups is 1. The number of fused-ring (bicyclic) bond motifs is 1. The Morgan fingerprint density at radius 2 is 2.05 bits per heavy atom. The van der Waals surface area contributed by atoms with Gasteiger partial charge in [0.1, 0.15) is 6.61 Å². The van der Waals surface area contributed by atoms with Crippen LogP contribution in [0.1, 0.15) is 30.7 Å². The van der Waals surface area contributed by atoms with Gasteiger partial charge in [0.2, 0.25) is 0 Å². The van der Waals surface area contributed by atoms with Crippen LogP contribution in [0, 0.1) is 5.92 Å². The average Bonchev–Trinajstić information content (AvgIpc) is 3.56. The Hall–Kier alpha value is -3.26. The number of aliphatic hydroxyl groups excluding tert-OH is 1. The second kappa shape index (κ2) is 12.7. The summed E-state index contributed by atoms with van der Waals surface area (Å²) in [6, 6.07) is 12.1. The van der Waals surface area contributed by atoms with Gasteiger partial charge in [-0.1, -0.05) is 37.3 Å². The fraction of sp³-hybridized carbons (Fsp3) is 0.346. The lowest BCUT2D eigenvalue weighted by Gasteiger charge is -2.27. The van der Waals surface area contributed by atoms with E-state index in [1.165, 1.54) is 27.0 Å². The minimum Gasteiger partial charge on any atom is -0.444 e. The maximum atomic E-state index is 13.8. The molecular formula is C26H31N5O5S3. The number of nitrogens with two attached hydrogens (primary N) is 1. The van der Waals surface area contributed by atoms with E-state index in [-0.39, 0.29) is 24.0 Å². The van der Waals surface area contributed by atoms with Crippen molar-refractivity contribution in [3.05, 3.63) is 64.6 Å². The van der Waals surface area contributed by atoms with Crippen LogP contribution in [-0.2, 0) is 27.8 Å². The predicted octanol–water partition coefficient (Wildman–Crippen LogP) is 4.41. The third kappa shape index (κ3) is 7.66. The fourth-order valence-corrected chi connectivity index (χ4v) is 6.89. The molecular weight excluding hydrogens is 559 g/mol. The highest BCUT2D eigenvalue weighted by atomic mass is 32.2. The van der Waals surface area contributed by atoms with E-state index in [4.69, 9.17) is 10.5 Å². The first kappa shape index (κ1) is 28.7. The number of aryl methyl sites for hydroxylation is 1. The molecule has 0 aliphatic carbocycles. The molecule has 0 saturated carbocycles. The summed E-state index contributed by atoms with van der Waals surface area (Å²) in [5.41, 5.74) is 9.53. The van der Waals surface area contributed by atoms with Crippen LogP contribution in [0.15, 0.2) is 59.1 Å². The highest BCUT2D eigenvalue weighted by molar-refractivity contribution is 7.92. The van der Waals surface area contributed by atoms with Gasteiger partial charge in [0.05, 0.1) is 37.3 Å². The maximum Gasteiger partial charge on any atom is 0.407 e. The van der Waals surface area contributed by atoms with Crippen molar-refractivity contribution < 1.29 is 23.1 Å². The number of hydrogen-bond donors (Lipinski definition) is 3. The van der Waals surface area contributed by atoms with Crippen molar-refractivity contribution in [1.29, 1.82) is 0 Å². The number of rotatable bonds is 12. The van der Waals surface area contributed by atoms with Crippen LogP contribution in [-0.4, -0.2) is 48.8 Å². The van der Waals surface area contributed by atoms with Crippen LogP contribution in [0.5, 0.6) is 0 Å². The number of sulfonamides is 1. The Labute approximate surface area is 235 Å². The van der Waals surface area contributed by atoms with Crippen molar-refractivity contribution in [2.45, 2.75) is 44.3 Å². The van der Waals surface area contributed by atoms with Crippen molar-refractivity contribution in [2.75, 3.05) is 23.1 Å². The van der Waals surface area contributed by atoms with Gasteiger partial charge in [-0.05, 0) is 54.7 Å². The summed E-state index contributed by atoms with van der Waals surface area (Å²) in [6.07, 6.45) is 1.09. The van der Waals surface area contributed by atoms with E-state index in [0.29, 0.717) is 40.4 Å². The maximum absolute atomic E-state index is 13.8. The molecule has 1 unspecified atom stereocenters. The number of thiazole rings is 2. The molecule has 13 heteroatoms. The van der Waals surface area contributed by atoms with Gasteiger partial charge in [-0.3, -0.25) is 9.29 Å². The Balaban J connectivity index is 1.41. The zero-order valence-electron chi connectivity index (χ0n) is 21.6. The summed E-state index contributed by atoms with van der Waals surface area (Å²) < 4.78 is 34.8. The third-order valence-corrected chi connectivity index (χ3v) is 9.16. The van der Waals surface area contributed by atoms with Crippen molar-refractivity contribution in [3.63, 3.8) is 0 Å². The summed E-state index contributed by atoms with van der Waals surface area (Å²) in [4.78, 5) is 21.0. The molecule has 0 saturated heterocycles. The van der Waals surface area contributed by atoms with Gasteiger partial charge < -0.3 is 20.9 Å². The number of alkyl carbamates (subject to hydrolysis) is 1. The standard InChI is InChI=1S/C26H31N5O5S3/c1-17(2)14-31(39(34,35)22-8-9-23-24(11-22)38-25(27)30-23)19-5-3-4-18(10-19)6-7-20(32)12-29-26(33)36-15-21-13-28-16-37-21/h3-5,8-11,13,16-17,20,32H,6-7,12,14-15H2,1-2H3,(H2,27,30)(H,29,33). The SMILES string of the molecule is CC(C)CN(c1cccc(CCC(O)CNC(=O)OCc2cncs2)c1)S(=O)(=O)c1ccc2nc(N)sc2c1. The molecule has 1 atom stereocenters. The fourth-order valence-electron chi connectivity index (χ4n) is 3.89. The second-order valence-corrected chi connectivity index (χ2v) is 13.3. The number of anilines is 2. The molecule has 0 spiro atoms. The quantitative estimate of drug-likeness (QED) is 0.220. The van der Waals surface area contributed by atoms with Crippen LogP contribution < -0.4 is 15.4 Å². The van der Waals surface area contributed by atoms with Crippen LogP contribution in [0.2, 0.25) is 0 Å². The molecule has 0 aliphatic rings. The first-order valence-corrected chi connectivity index (χ1v) is 15.5. The molecule has 0 fully saturated rings. The molecule has 1 amide bonds. The van der Waals surface area contributed by atoms with Gasteiger partial charge in [0.25, 0.3) is 10.0 Å². The zero-order chi connectivity index (χ0) is 28.0. The molecule has 0 aliphatic heterocycles. The van der Waals surface area contributed by atoms with Gasteiger partial charge in [0, 0.05) is 19.3 Å². The largest absolute Gasteiger partial charge is 0.444 e. The number of carbonyl (C=O) groups excluding carboxylic acids is 1. The van der Waals surface area contributed by atoms with E-state index < -0.39 is 22.2 Å². The first-order chi connectivity index (χ1) is 18.6. The van der Waals surface area contributed by atoms with E-state index >= 15 is 0 Å². The van der Waals surface area contributed by atoms with E-state index in [9.17, 15) is 18.3 Å². The summed E-state index contributed by atoms with van der Waals surface area (Å²) in [5.74, 6) is 0.0787. The van der Waals surface area contributed by atoms with E-state index in [0.717, 1.165) is 10.4 Å². The van der Waals surface area contributed by atoms with Gasteiger partial charge in [-0.15, -0.1) is 11.3 Å². The molecule has 2 aromatic carbocycles. The average molecular weight is 590 g/mol. The summed E-state index contributed by atoms with van der Waals surface area (Å²) in [6.45, 7) is 4.39. The van der Waals surface area contributed by atoms with Crippen LogP contribution in [0.25, 0.3) is 10.2 Å². The number of aromatic nitrogens is 2. The Bertz CT molecular complexity index is 1510. The van der Waals surface area contributed by atoms with Crippen molar-refractivity contribution in [3.8, 4) is 0 Å². The van der Waals surface area contributed by atoms with Gasteiger partial charge in [0.15, 0.2) is 5.13 Å². The van der Waals surface area contributed by atoms with Gasteiger partial charge >= 0.3 is 6.09 Å². The lowest BCUT2D eigenvalue weighted by molar-refractivity contribution is 0.124. The molecule has 2 aromatic heterocycles. The van der Waals surface area contributed by atoms with Crippen LogP contribution >= 0.6 is 22.7 Å². The molecule has 10 nitrogen and oxygen atoms in total. The smallest absolute Gasteiger partial charge is 0.407 e. The monoisotopic (exact) mass is 589 g/mol. The Morgan fingerprint density at radius 3 is 2.79 bits per heavy atom. The highest BCUT2D eigenvalue weighted by Crippen LogP contribution is 2.30. The number of amides is 1. The normalized spacial score (nSPS) is 12.5. The number of nitrogen functional groups attached to an aromatic ring is 1. The van der Waals surface area contributed by atoms with Gasteiger partial charge in [-0.2, -0.15) is 0 Å². The summed E-state index contributed by atoms with van der Waals surface area (Å²) >= 11 is 2.64. The van der Waals surface area contributed by atoms with Crippen molar-refractivity contribution >= 4 is 59.8 Å². The number of benzene rings is 2. The molecule has 208 valence electrons. The highest BCUT2D eigenvalue weighted by Gasteiger charge is 2.26. The predicted molar refractivity (Wildman–Crippen MR) is 154 cm³/mol. The number of nitrogens with one attached hydrogen (secondary N) is 1. The molecule has 2 heterocycles. The summed E-state index contributed by atoms with van der Waals surface area (Å²) in [5, 5.41) is 13.3. The van der Waals surface area contributed by atoms with E-state index in [1.54, 1.807) is 36.0 Å². The second-order valence-electron chi connectivity index (χ2n) is 9.40. The minimum absolute atomic E-state index is 0.0413. The molecule has 4 N–H and O–H groups in total. The Morgan fingerprint density at radius 1 is 1.23 bits per heavy atom. The van der Waals surface area contributed by atoms with Crippen molar-refractivity contribution in [2.24, 2.45) is 5.92 Å². The van der Waals surface area contributed by atoms with Crippen LogP contribution in [0.3, 0.4) is 0 Å². The van der Waals surface area contributed by atoms with Crippen LogP contribution in [0.4, 0.5) is 15.6 Å².